The lowest BCUT2D eigenvalue weighted by atomic mass is 10.2. The number of hydrogen-bond donors (Lipinski definition) is 1. The molecule has 0 aromatic heterocycles. The summed E-state index contributed by atoms with van der Waals surface area (Å²) >= 11 is 5.87. The third kappa shape index (κ3) is 4.54. The summed E-state index contributed by atoms with van der Waals surface area (Å²) in [5.41, 5.74) is 0.691. The van der Waals surface area contributed by atoms with Gasteiger partial charge in [0, 0.05) is 18.1 Å². The van der Waals surface area contributed by atoms with Crippen molar-refractivity contribution >= 4 is 17.6 Å². The third-order valence-corrected chi connectivity index (χ3v) is 2.51. The molecule has 0 fully saturated rings. The summed E-state index contributed by atoms with van der Waals surface area (Å²) in [6.07, 6.45) is 1.61. The van der Waals surface area contributed by atoms with Crippen molar-refractivity contribution in [2.45, 2.75) is 6.54 Å². The van der Waals surface area contributed by atoms with Crippen LogP contribution < -0.4 is 0 Å². The van der Waals surface area contributed by atoms with Gasteiger partial charge in [0.1, 0.15) is 5.82 Å². The van der Waals surface area contributed by atoms with Crippen molar-refractivity contribution in [3.8, 4) is 0 Å². The number of hydrogen-bond acceptors (Lipinski definition) is 2. The Morgan fingerprint density at radius 1 is 1.59 bits per heavy atom. The zero-order chi connectivity index (χ0) is 12.8. The molecular formula is C12H13ClFNO2. The molecule has 0 amide bonds. The van der Waals surface area contributed by atoms with Crippen molar-refractivity contribution in [1.82, 2.24) is 4.90 Å². The van der Waals surface area contributed by atoms with Gasteiger partial charge in [0.25, 0.3) is 0 Å². The van der Waals surface area contributed by atoms with Crippen LogP contribution in [0.5, 0.6) is 0 Å². The monoisotopic (exact) mass is 257 g/mol. The van der Waals surface area contributed by atoms with E-state index in [1.807, 2.05) is 0 Å². The van der Waals surface area contributed by atoms with Gasteiger partial charge in [-0.2, -0.15) is 0 Å². The Morgan fingerprint density at radius 2 is 2.29 bits per heavy atom. The predicted octanol–water partition coefficient (Wildman–Crippen LogP) is 2.55. The van der Waals surface area contributed by atoms with E-state index < -0.39 is 11.8 Å². The number of nitrogens with zero attached hydrogens (tertiary/aromatic N) is 1. The smallest absolute Gasteiger partial charge is 0.317 e. The third-order valence-electron chi connectivity index (χ3n) is 2.16. The Bertz CT molecular complexity index is 423. The van der Waals surface area contributed by atoms with Crippen LogP contribution in [0.25, 0.3) is 0 Å². The van der Waals surface area contributed by atoms with Crippen molar-refractivity contribution < 1.29 is 14.3 Å². The van der Waals surface area contributed by atoms with Crippen LogP contribution >= 0.6 is 11.6 Å². The van der Waals surface area contributed by atoms with E-state index in [0.717, 1.165) is 0 Å². The van der Waals surface area contributed by atoms with Crippen LogP contribution in [-0.4, -0.2) is 29.1 Å². The average molecular weight is 258 g/mol. The first-order chi connectivity index (χ1) is 8.02. The molecule has 0 atom stereocenters. The first-order valence-electron chi connectivity index (χ1n) is 5.02. The van der Waals surface area contributed by atoms with Gasteiger partial charge in [-0.05, 0) is 17.7 Å². The first kappa shape index (κ1) is 13.7. The van der Waals surface area contributed by atoms with E-state index in [-0.39, 0.29) is 6.54 Å². The van der Waals surface area contributed by atoms with E-state index in [9.17, 15) is 9.18 Å². The zero-order valence-corrected chi connectivity index (χ0v) is 9.95. The van der Waals surface area contributed by atoms with Crippen LogP contribution in [0.4, 0.5) is 4.39 Å². The van der Waals surface area contributed by atoms with E-state index in [2.05, 4.69) is 6.58 Å². The molecular weight excluding hydrogens is 245 g/mol. The lowest BCUT2D eigenvalue weighted by Gasteiger charge is -2.18. The van der Waals surface area contributed by atoms with Crippen LogP contribution in [0.2, 0.25) is 5.02 Å². The van der Waals surface area contributed by atoms with Gasteiger partial charge in [-0.25, -0.2) is 4.39 Å². The number of carboxylic acid groups (broad SMARTS) is 1. The van der Waals surface area contributed by atoms with Crippen molar-refractivity contribution in [3.05, 3.63) is 47.3 Å². The van der Waals surface area contributed by atoms with Crippen molar-refractivity contribution in [1.29, 1.82) is 0 Å². The van der Waals surface area contributed by atoms with Gasteiger partial charge in [-0.1, -0.05) is 23.7 Å². The summed E-state index contributed by atoms with van der Waals surface area (Å²) in [6.45, 7) is 4.22. The SMILES string of the molecule is C=CCN(CC(=O)O)Cc1ccc(F)cc1Cl. The predicted molar refractivity (Wildman–Crippen MR) is 64.5 cm³/mol. The summed E-state index contributed by atoms with van der Waals surface area (Å²) in [5, 5.41) is 9.03. The number of carbonyl (C=O) groups is 1. The standard InChI is InChI=1S/C12H13ClFNO2/c1-2-5-15(8-12(16)17)7-9-3-4-10(14)6-11(9)13/h2-4,6H,1,5,7-8H2,(H,16,17). The van der Waals surface area contributed by atoms with Gasteiger partial charge in [0.2, 0.25) is 0 Å². The summed E-state index contributed by atoms with van der Waals surface area (Å²) in [7, 11) is 0. The van der Waals surface area contributed by atoms with Crippen LogP contribution in [0.15, 0.2) is 30.9 Å². The quantitative estimate of drug-likeness (QED) is 0.797. The van der Waals surface area contributed by atoms with Crippen molar-refractivity contribution in [2.75, 3.05) is 13.1 Å². The second kappa shape index (κ2) is 6.37. The molecule has 0 unspecified atom stereocenters. The molecule has 1 aromatic rings. The number of benzene rings is 1. The molecule has 1 N–H and O–H groups in total. The molecule has 5 heteroatoms. The number of carboxylic acids is 1. The fourth-order valence-electron chi connectivity index (χ4n) is 1.45. The van der Waals surface area contributed by atoms with E-state index in [1.54, 1.807) is 17.0 Å². The van der Waals surface area contributed by atoms with Crippen LogP contribution in [0.3, 0.4) is 0 Å². The maximum atomic E-state index is 12.8. The summed E-state index contributed by atoms with van der Waals surface area (Å²) in [5.74, 6) is -1.34. The molecule has 0 saturated carbocycles. The van der Waals surface area contributed by atoms with Crippen molar-refractivity contribution in [2.24, 2.45) is 0 Å². The fraction of sp³-hybridized carbons (Fsp3) is 0.250. The highest BCUT2D eigenvalue weighted by Crippen LogP contribution is 2.18. The highest BCUT2D eigenvalue weighted by atomic mass is 35.5. The molecule has 1 rings (SSSR count). The minimum absolute atomic E-state index is 0.111. The second-order valence-electron chi connectivity index (χ2n) is 3.59. The molecule has 0 spiro atoms. The highest BCUT2D eigenvalue weighted by Gasteiger charge is 2.11. The molecule has 17 heavy (non-hydrogen) atoms. The van der Waals surface area contributed by atoms with E-state index in [4.69, 9.17) is 16.7 Å². The largest absolute Gasteiger partial charge is 0.480 e. The van der Waals surface area contributed by atoms with Gasteiger partial charge in [-0.3, -0.25) is 9.69 Å². The molecule has 0 aliphatic heterocycles. The van der Waals surface area contributed by atoms with Gasteiger partial charge >= 0.3 is 5.97 Å². The van der Waals surface area contributed by atoms with Gasteiger partial charge in [0.05, 0.1) is 6.54 Å². The maximum absolute atomic E-state index is 12.8. The normalized spacial score (nSPS) is 10.5. The molecule has 92 valence electrons. The summed E-state index contributed by atoms with van der Waals surface area (Å²) in [4.78, 5) is 12.3. The Hall–Kier alpha value is -1.39. The van der Waals surface area contributed by atoms with Gasteiger partial charge in [-0.15, -0.1) is 6.58 Å². The van der Waals surface area contributed by atoms with E-state index in [1.165, 1.54) is 12.1 Å². The second-order valence-corrected chi connectivity index (χ2v) is 3.99. The maximum Gasteiger partial charge on any atom is 0.317 e. The lowest BCUT2D eigenvalue weighted by molar-refractivity contribution is -0.138. The summed E-state index contributed by atoms with van der Waals surface area (Å²) in [6, 6.07) is 4.06. The van der Waals surface area contributed by atoms with Crippen LogP contribution in [0.1, 0.15) is 5.56 Å². The van der Waals surface area contributed by atoms with Gasteiger partial charge in [0.15, 0.2) is 0 Å². The number of halogens is 2. The molecule has 3 nitrogen and oxygen atoms in total. The molecule has 0 aliphatic carbocycles. The minimum atomic E-state index is -0.926. The zero-order valence-electron chi connectivity index (χ0n) is 9.20. The Balaban J connectivity index is 2.77. The number of rotatable bonds is 6. The Kier molecular flexibility index (Phi) is 5.12. The Morgan fingerprint density at radius 3 is 2.82 bits per heavy atom. The average Bonchev–Trinajstić information content (AvgIpc) is 2.21. The first-order valence-corrected chi connectivity index (χ1v) is 5.39. The van der Waals surface area contributed by atoms with Crippen LogP contribution in [0, 0.1) is 5.82 Å². The molecule has 0 saturated heterocycles. The number of aliphatic carboxylic acids is 1. The van der Waals surface area contributed by atoms with Crippen molar-refractivity contribution in [3.63, 3.8) is 0 Å². The lowest BCUT2D eigenvalue weighted by Crippen LogP contribution is -2.29. The summed E-state index contributed by atoms with van der Waals surface area (Å²) < 4.78 is 12.8. The Labute approximate surface area is 104 Å². The molecule has 0 radical (unpaired) electrons. The topological polar surface area (TPSA) is 40.5 Å². The van der Waals surface area contributed by atoms with Crippen LogP contribution in [-0.2, 0) is 11.3 Å². The molecule has 0 bridgehead atoms. The minimum Gasteiger partial charge on any atom is -0.480 e. The van der Waals surface area contributed by atoms with E-state index in [0.29, 0.717) is 23.7 Å². The molecule has 1 aromatic carbocycles. The van der Waals surface area contributed by atoms with E-state index >= 15 is 0 Å². The fourth-order valence-corrected chi connectivity index (χ4v) is 1.68. The molecule has 0 heterocycles. The molecule has 0 aliphatic rings. The van der Waals surface area contributed by atoms with Gasteiger partial charge < -0.3 is 5.11 Å². The highest BCUT2D eigenvalue weighted by molar-refractivity contribution is 6.31.